The molecular weight excluding hydrogens is 461 g/mol. The van der Waals surface area contributed by atoms with Crippen LogP contribution in [0, 0.1) is 32.5 Å². The van der Waals surface area contributed by atoms with Crippen molar-refractivity contribution in [2.45, 2.75) is 47.7 Å². The minimum absolute atomic E-state index is 0.0411. The molecule has 0 unspecified atom stereocenters. The molecule has 0 aliphatic rings. The first-order chi connectivity index (χ1) is 16.6. The summed E-state index contributed by atoms with van der Waals surface area (Å²) in [4.78, 5) is 31.2. The van der Waals surface area contributed by atoms with E-state index in [1.807, 2.05) is 64.3 Å². The molecule has 0 aliphatic heterocycles. The maximum Gasteiger partial charge on any atom is 0.322 e. The number of carbonyl (C=O) groups excluding carboxylic acids is 2. The number of nitrogens with one attached hydrogen (secondary N) is 1. The van der Waals surface area contributed by atoms with Gasteiger partial charge in [0.25, 0.3) is 0 Å². The summed E-state index contributed by atoms with van der Waals surface area (Å²) < 4.78 is 13.4. The molecule has 0 radical (unpaired) electrons. The standard InChI is InChI=1S/C28H34FN3O2S/c1-19(2)15-32(28(34)30-25-11-6-20(3)14-22(25)5)18-27(33)31(17-26-21(4)12-13-35-26)16-23-7-9-24(29)10-8-23/h6-14,19H,15-18H2,1-5H3,(H,30,34). The van der Waals surface area contributed by atoms with Gasteiger partial charge in [-0.1, -0.05) is 43.7 Å². The van der Waals surface area contributed by atoms with Crippen molar-refractivity contribution in [2.75, 3.05) is 18.4 Å². The second-order valence-electron chi connectivity index (χ2n) is 9.43. The number of nitrogens with zero attached hydrogens (tertiary/aromatic N) is 2. The monoisotopic (exact) mass is 495 g/mol. The summed E-state index contributed by atoms with van der Waals surface area (Å²) in [6.45, 7) is 11.2. The molecule has 0 aliphatic carbocycles. The molecule has 1 heterocycles. The molecule has 5 nitrogen and oxygen atoms in total. The third-order valence-corrected chi connectivity index (χ3v) is 6.77. The zero-order valence-electron chi connectivity index (χ0n) is 21.1. The van der Waals surface area contributed by atoms with Crippen LogP contribution >= 0.6 is 11.3 Å². The predicted octanol–water partition coefficient (Wildman–Crippen LogP) is 6.53. The lowest BCUT2D eigenvalue weighted by atomic mass is 10.1. The van der Waals surface area contributed by atoms with Crippen LogP contribution in [-0.2, 0) is 17.9 Å². The highest BCUT2D eigenvalue weighted by molar-refractivity contribution is 7.10. The molecule has 1 aromatic heterocycles. The van der Waals surface area contributed by atoms with E-state index in [1.165, 1.54) is 12.1 Å². The third kappa shape index (κ3) is 7.65. The third-order valence-electron chi connectivity index (χ3n) is 5.76. The first-order valence-corrected chi connectivity index (χ1v) is 12.7. The average Bonchev–Trinajstić information content (AvgIpc) is 3.20. The summed E-state index contributed by atoms with van der Waals surface area (Å²) in [5.41, 5.74) is 4.79. The molecule has 3 aromatic rings. The zero-order chi connectivity index (χ0) is 25.5. The van der Waals surface area contributed by atoms with E-state index < -0.39 is 0 Å². The fourth-order valence-electron chi connectivity index (χ4n) is 3.85. The van der Waals surface area contributed by atoms with Gasteiger partial charge in [-0.25, -0.2) is 9.18 Å². The molecule has 0 spiro atoms. The van der Waals surface area contributed by atoms with Crippen LogP contribution in [0.1, 0.15) is 41.0 Å². The van der Waals surface area contributed by atoms with E-state index in [9.17, 15) is 14.0 Å². The number of halogens is 1. The van der Waals surface area contributed by atoms with Crippen molar-refractivity contribution in [3.05, 3.63) is 86.9 Å². The highest BCUT2D eigenvalue weighted by atomic mass is 32.1. The van der Waals surface area contributed by atoms with Gasteiger partial charge >= 0.3 is 6.03 Å². The Morgan fingerprint density at radius 3 is 2.26 bits per heavy atom. The van der Waals surface area contributed by atoms with E-state index >= 15 is 0 Å². The fraction of sp³-hybridized carbons (Fsp3) is 0.357. The Kier molecular flexibility index (Phi) is 9.04. The largest absolute Gasteiger partial charge is 0.332 e. The van der Waals surface area contributed by atoms with Gasteiger partial charge in [-0.05, 0) is 73.0 Å². The Labute approximate surface area is 211 Å². The summed E-state index contributed by atoms with van der Waals surface area (Å²) in [6, 6.07) is 13.8. The molecule has 0 saturated carbocycles. The van der Waals surface area contributed by atoms with Crippen LogP contribution in [0.2, 0.25) is 0 Å². The molecule has 0 saturated heterocycles. The minimum atomic E-state index is -0.313. The molecule has 186 valence electrons. The van der Waals surface area contributed by atoms with Crippen LogP contribution in [0.25, 0.3) is 0 Å². The van der Waals surface area contributed by atoms with Crippen LogP contribution in [0.3, 0.4) is 0 Å². The van der Waals surface area contributed by atoms with E-state index in [4.69, 9.17) is 0 Å². The second-order valence-corrected chi connectivity index (χ2v) is 10.4. The van der Waals surface area contributed by atoms with Crippen molar-refractivity contribution >= 4 is 29.0 Å². The Morgan fingerprint density at radius 1 is 0.943 bits per heavy atom. The van der Waals surface area contributed by atoms with Crippen molar-refractivity contribution in [1.82, 2.24) is 9.80 Å². The molecule has 0 atom stereocenters. The lowest BCUT2D eigenvalue weighted by molar-refractivity contribution is -0.133. The lowest BCUT2D eigenvalue weighted by Crippen LogP contribution is -2.45. The summed E-state index contributed by atoms with van der Waals surface area (Å²) in [5, 5.41) is 4.98. The molecule has 35 heavy (non-hydrogen) atoms. The van der Waals surface area contributed by atoms with Gasteiger partial charge in [0.05, 0.1) is 6.54 Å². The van der Waals surface area contributed by atoms with Gasteiger partial charge in [-0.2, -0.15) is 0 Å². The first-order valence-electron chi connectivity index (χ1n) is 11.8. The van der Waals surface area contributed by atoms with Gasteiger partial charge in [-0.3, -0.25) is 4.79 Å². The minimum Gasteiger partial charge on any atom is -0.332 e. The molecular formula is C28H34FN3O2S. The molecule has 0 fully saturated rings. The normalized spacial score (nSPS) is 10.9. The number of amides is 3. The Hall–Kier alpha value is -3.19. The van der Waals surface area contributed by atoms with Crippen molar-refractivity contribution in [2.24, 2.45) is 5.92 Å². The number of benzene rings is 2. The topological polar surface area (TPSA) is 52.7 Å². The number of hydrogen-bond donors (Lipinski definition) is 1. The first kappa shape index (κ1) is 26.4. The average molecular weight is 496 g/mol. The number of hydrogen-bond acceptors (Lipinski definition) is 3. The number of carbonyl (C=O) groups is 2. The van der Waals surface area contributed by atoms with Crippen LogP contribution < -0.4 is 5.32 Å². The van der Waals surface area contributed by atoms with Crippen LogP contribution in [0.4, 0.5) is 14.9 Å². The van der Waals surface area contributed by atoms with E-state index in [0.717, 1.165) is 32.8 Å². The van der Waals surface area contributed by atoms with Gasteiger partial charge in [-0.15, -0.1) is 11.3 Å². The molecule has 7 heteroatoms. The number of thiophene rings is 1. The van der Waals surface area contributed by atoms with Crippen molar-refractivity contribution in [1.29, 1.82) is 0 Å². The van der Waals surface area contributed by atoms with E-state index in [2.05, 4.69) is 5.32 Å². The predicted molar refractivity (Wildman–Crippen MR) is 141 cm³/mol. The molecule has 2 aromatic carbocycles. The summed E-state index contributed by atoms with van der Waals surface area (Å²) >= 11 is 1.60. The number of urea groups is 1. The van der Waals surface area contributed by atoms with Gasteiger partial charge in [0.1, 0.15) is 12.4 Å². The van der Waals surface area contributed by atoms with Crippen molar-refractivity contribution in [3.8, 4) is 0 Å². The van der Waals surface area contributed by atoms with Crippen molar-refractivity contribution < 1.29 is 14.0 Å². The summed E-state index contributed by atoms with van der Waals surface area (Å²) in [5.74, 6) is -0.275. The molecule has 0 bridgehead atoms. The van der Waals surface area contributed by atoms with Gasteiger partial charge in [0.2, 0.25) is 5.91 Å². The van der Waals surface area contributed by atoms with Crippen LogP contribution in [0.5, 0.6) is 0 Å². The van der Waals surface area contributed by atoms with E-state index in [-0.39, 0.29) is 30.2 Å². The number of aryl methyl sites for hydroxylation is 3. The van der Waals surface area contributed by atoms with Gasteiger partial charge in [0, 0.05) is 23.7 Å². The SMILES string of the molecule is Cc1ccc(NC(=O)N(CC(=O)N(Cc2ccc(F)cc2)Cc2sccc2C)CC(C)C)c(C)c1. The van der Waals surface area contributed by atoms with Gasteiger partial charge < -0.3 is 15.1 Å². The van der Waals surface area contributed by atoms with Crippen LogP contribution in [0.15, 0.2) is 53.9 Å². The Morgan fingerprint density at radius 2 is 1.66 bits per heavy atom. The van der Waals surface area contributed by atoms with Crippen LogP contribution in [-0.4, -0.2) is 34.8 Å². The highest BCUT2D eigenvalue weighted by Gasteiger charge is 2.24. The number of rotatable bonds is 9. The molecule has 1 N–H and O–H groups in total. The van der Waals surface area contributed by atoms with E-state index in [1.54, 1.807) is 33.3 Å². The van der Waals surface area contributed by atoms with Crippen molar-refractivity contribution in [3.63, 3.8) is 0 Å². The molecule has 3 rings (SSSR count). The van der Waals surface area contributed by atoms with Gasteiger partial charge in [0.15, 0.2) is 0 Å². The Balaban J connectivity index is 1.80. The maximum absolute atomic E-state index is 13.5. The summed E-state index contributed by atoms with van der Waals surface area (Å²) in [6.07, 6.45) is 0. The smallest absolute Gasteiger partial charge is 0.322 e. The lowest BCUT2D eigenvalue weighted by Gasteiger charge is -2.29. The molecule has 3 amide bonds. The fourth-order valence-corrected chi connectivity index (χ4v) is 4.77. The van der Waals surface area contributed by atoms with E-state index in [0.29, 0.717) is 19.6 Å². The quantitative estimate of drug-likeness (QED) is 0.367. The maximum atomic E-state index is 13.5. The summed E-state index contributed by atoms with van der Waals surface area (Å²) in [7, 11) is 0. The zero-order valence-corrected chi connectivity index (χ0v) is 21.9. The highest BCUT2D eigenvalue weighted by Crippen LogP contribution is 2.21. The second kappa shape index (κ2) is 12.0. The number of anilines is 1. The Bertz CT molecular complexity index is 1160.